The Kier molecular flexibility index (Phi) is 5.67. The van der Waals surface area contributed by atoms with Crippen LogP contribution in [0, 0.1) is 5.92 Å². The monoisotopic (exact) mass is 398 g/mol. The lowest BCUT2D eigenvalue weighted by molar-refractivity contribution is -0.134. The van der Waals surface area contributed by atoms with Crippen LogP contribution in [0.1, 0.15) is 53.9 Å². The molecule has 1 unspecified atom stereocenters. The first-order valence-electron chi connectivity index (χ1n) is 10.00. The van der Waals surface area contributed by atoms with E-state index in [0.717, 1.165) is 49.4 Å². The second-order valence-electron chi connectivity index (χ2n) is 7.65. The van der Waals surface area contributed by atoms with E-state index in [4.69, 9.17) is 4.74 Å². The van der Waals surface area contributed by atoms with Gasteiger partial charge in [0.1, 0.15) is 11.9 Å². The van der Waals surface area contributed by atoms with E-state index in [0.29, 0.717) is 17.4 Å². The largest absolute Gasteiger partial charge is 0.490 e. The van der Waals surface area contributed by atoms with Gasteiger partial charge in [-0.15, -0.1) is 11.3 Å². The minimum Gasteiger partial charge on any atom is -0.490 e. The zero-order valence-corrected chi connectivity index (χ0v) is 16.9. The highest BCUT2D eigenvalue weighted by Crippen LogP contribution is 2.32. The fourth-order valence-electron chi connectivity index (χ4n) is 3.55. The molecule has 28 heavy (non-hydrogen) atoms. The quantitative estimate of drug-likeness (QED) is 0.800. The highest BCUT2D eigenvalue weighted by atomic mass is 32.1. The van der Waals surface area contributed by atoms with Gasteiger partial charge in [-0.05, 0) is 55.5 Å². The van der Waals surface area contributed by atoms with Crippen LogP contribution in [0.2, 0.25) is 0 Å². The van der Waals surface area contributed by atoms with Crippen molar-refractivity contribution in [2.45, 2.75) is 44.8 Å². The highest BCUT2D eigenvalue weighted by Gasteiger charge is 2.35. The summed E-state index contributed by atoms with van der Waals surface area (Å²) in [6.07, 6.45) is 3.96. The number of hydrogen-bond donors (Lipinski definition) is 1. The molecule has 1 atom stereocenters. The second kappa shape index (κ2) is 8.35. The maximum Gasteiger partial charge on any atom is 0.251 e. The average Bonchev–Trinajstić information content (AvgIpc) is 3.42. The number of likely N-dealkylation sites (tertiary alicyclic amines) is 1. The molecule has 2 fully saturated rings. The van der Waals surface area contributed by atoms with Crippen molar-refractivity contribution >= 4 is 23.2 Å². The summed E-state index contributed by atoms with van der Waals surface area (Å²) in [4.78, 5) is 27.7. The van der Waals surface area contributed by atoms with E-state index in [1.54, 1.807) is 23.5 Å². The third-order valence-electron chi connectivity index (χ3n) is 5.42. The topological polar surface area (TPSA) is 58.6 Å². The van der Waals surface area contributed by atoms with E-state index in [2.05, 4.69) is 5.32 Å². The predicted molar refractivity (Wildman–Crippen MR) is 110 cm³/mol. The van der Waals surface area contributed by atoms with Crippen LogP contribution in [0.4, 0.5) is 0 Å². The van der Waals surface area contributed by atoms with Crippen molar-refractivity contribution in [3.8, 4) is 5.75 Å². The summed E-state index contributed by atoms with van der Waals surface area (Å²) in [6.45, 7) is 3.55. The summed E-state index contributed by atoms with van der Waals surface area (Å²) in [6, 6.07) is 11.3. The number of ether oxygens (including phenoxy) is 1. The molecule has 2 heterocycles. The van der Waals surface area contributed by atoms with Gasteiger partial charge in [-0.1, -0.05) is 6.07 Å². The number of thiophene rings is 1. The average molecular weight is 399 g/mol. The third kappa shape index (κ3) is 4.55. The Labute approximate surface area is 169 Å². The maximum atomic E-state index is 12.4. The van der Waals surface area contributed by atoms with Crippen molar-refractivity contribution < 1.29 is 14.3 Å². The first kappa shape index (κ1) is 19.0. The molecule has 5 nitrogen and oxygen atoms in total. The minimum atomic E-state index is -0.0839. The van der Waals surface area contributed by atoms with Gasteiger partial charge in [0.25, 0.3) is 5.91 Å². The van der Waals surface area contributed by atoms with Crippen LogP contribution in [0.25, 0.3) is 0 Å². The summed E-state index contributed by atoms with van der Waals surface area (Å²) in [5.74, 6) is 1.30. The SMILES string of the molecule is CC(NC(=O)c1ccc(OC2CCN(C(=O)C3CC3)CC2)cc1)c1cccs1. The molecular formula is C22H26N2O3S. The summed E-state index contributed by atoms with van der Waals surface area (Å²) < 4.78 is 6.07. The van der Waals surface area contributed by atoms with Crippen molar-refractivity contribution in [3.63, 3.8) is 0 Å². The zero-order chi connectivity index (χ0) is 19.5. The summed E-state index contributed by atoms with van der Waals surface area (Å²) >= 11 is 1.64. The number of hydrogen-bond acceptors (Lipinski definition) is 4. The first-order valence-corrected chi connectivity index (χ1v) is 10.9. The normalized spacial score (nSPS) is 18.5. The van der Waals surface area contributed by atoms with Gasteiger partial charge < -0.3 is 15.0 Å². The Morgan fingerprint density at radius 3 is 2.43 bits per heavy atom. The number of piperidine rings is 1. The number of nitrogens with zero attached hydrogens (tertiary/aromatic N) is 1. The van der Waals surface area contributed by atoms with Crippen molar-refractivity contribution in [3.05, 3.63) is 52.2 Å². The Bertz CT molecular complexity index is 807. The van der Waals surface area contributed by atoms with Crippen LogP contribution in [-0.4, -0.2) is 35.9 Å². The fourth-order valence-corrected chi connectivity index (χ4v) is 4.28. The molecule has 2 aliphatic rings. The van der Waals surface area contributed by atoms with E-state index in [1.165, 1.54) is 0 Å². The summed E-state index contributed by atoms with van der Waals surface area (Å²) in [5, 5.41) is 5.03. The molecule has 1 aliphatic heterocycles. The van der Waals surface area contributed by atoms with Crippen molar-refractivity contribution in [2.75, 3.05) is 13.1 Å². The van der Waals surface area contributed by atoms with Gasteiger partial charge >= 0.3 is 0 Å². The molecule has 0 radical (unpaired) electrons. The van der Waals surface area contributed by atoms with E-state index >= 15 is 0 Å². The third-order valence-corrected chi connectivity index (χ3v) is 6.47. The van der Waals surface area contributed by atoms with Gasteiger partial charge in [0.2, 0.25) is 5.91 Å². The Hall–Kier alpha value is -2.34. The Morgan fingerprint density at radius 2 is 1.82 bits per heavy atom. The van der Waals surface area contributed by atoms with Crippen LogP contribution < -0.4 is 10.1 Å². The molecule has 6 heteroatoms. The molecule has 0 bridgehead atoms. The van der Waals surface area contributed by atoms with Crippen LogP contribution >= 0.6 is 11.3 Å². The standard InChI is InChI=1S/C22H26N2O3S/c1-15(20-3-2-14-28-20)23-21(25)16-6-8-18(9-7-16)27-19-10-12-24(13-11-19)22(26)17-4-5-17/h2-3,6-9,14-15,17,19H,4-5,10-13H2,1H3,(H,23,25). The smallest absolute Gasteiger partial charge is 0.251 e. The Morgan fingerprint density at radius 1 is 1.11 bits per heavy atom. The number of benzene rings is 1. The van der Waals surface area contributed by atoms with Gasteiger partial charge in [0, 0.05) is 42.3 Å². The molecule has 2 aromatic rings. The van der Waals surface area contributed by atoms with E-state index < -0.39 is 0 Å². The molecule has 1 N–H and O–H groups in total. The Balaban J connectivity index is 1.26. The van der Waals surface area contributed by atoms with Crippen molar-refractivity contribution in [2.24, 2.45) is 5.92 Å². The van der Waals surface area contributed by atoms with Gasteiger partial charge in [-0.3, -0.25) is 9.59 Å². The van der Waals surface area contributed by atoms with Crippen LogP contribution in [-0.2, 0) is 4.79 Å². The van der Waals surface area contributed by atoms with Crippen LogP contribution in [0.3, 0.4) is 0 Å². The van der Waals surface area contributed by atoms with Gasteiger partial charge in [0.15, 0.2) is 0 Å². The lowest BCUT2D eigenvalue weighted by atomic mass is 10.1. The maximum absolute atomic E-state index is 12.4. The molecule has 2 amide bonds. The first-order chi connectivity index (χ1) is 13.6. The lowest BCUT2D eigenvalue weighted by Gasteiger charge is -2.32. The zero-order valence-electron chi connectivity index (χ0n) is 16.1. The second-order valence-corrected chi connectivity index (χ2v) is 8.63. The molecule has 0 spiro atoms. The lowest BCUT2D eigenvalue weighted by Crippen LogP contribution is -2.42. The molecule has 1 aromatic heterocycles. The number of rotatable bonds is 6. The van der Waals surface area contributed by atoms with Crippen LogP contribution in [0.15, 0.2) is 41.8 Å². The van der Waals surface area contributed by atoms with Gasteiger partial charge in [-0.25, -0.2) is 0 Å². The fraction of sp³-hybridized carbons (Fsp3) is 0.455. The molecular weight excluding hydrogens is 372 g/mol. The number of carbonyl (C=O) groups excluding carboxylic acids is 2. The molecule has 1 saturated heterocycles. The van der Waals surface area contributed by atoms with E-state index in [9.17, 15) is 9.59 Å². The van der Waals surface area contributed by atoms with Gasteiger partial charge in [-0.2, -0.15) is 0 Å². The number of amides is 2. The van der Waals surface area contributed by atoms with E-state index in [-0.39, 0.29) is 18.1 Å². The molecule has 4 rings (SSSR count). The molecule has 1 saturated carbocycles. The molecule has 1 aliphatic carbocycles. The summed E-state index contributed by atoms with van der Waals surface area (Å²) in [5.41, 5.74) is 0.626. The van der Waals surface area contributed by atoms with Crippen LogP contribution in [0.5, 0.6) is 5.75 Å². The van der Waals surface area contributed by atoms with Crippen molar-refractivity contribution in [1.82, 2.24) is 10.2 Å². The highest BCUT2D eigenvalue weighted by molar-refractivity contribution is 7.10. The molecule has 148 valence electrons. The minimum absolute atomic E-state index is 0.00744. The van der Waals surface area contributed by atoms with Gasteiger partial charge in [0.05, 0.1) is 6.04 Å². The number of carbonyl (C=O) groups is 2. The van der Waals surface area contributed by atoms with E-state index in [1.807, 2.05) is 41.5 Å². The van der Waals surface area contributed by atoms with Crippen molar-refractivity contribution in [1.29, 1.82) is 0 Å². The predicted octanol–water partition coefficient (Wildman–Crippen LogP) is 4.02. The molecule has 1 aromatic carbocycles. The number of nitrogens with one attached hydrogen (secondary N) is 1. The summed E-state index contributed by atoms with van der Waals surface area (Å²) in [7, 11) is 0.